The summed E-state index contributed by atoms with van der Waals surface area (Å²) >= 11 is 0.356. The van der Waals surface area contributed by atoms with Crippen LogP contribution in [0.5, 0.6) is 0 Å². The van der Waals surface area contributed by atoms with Crippen molar-refractivity contribution >= 4 is 29.2 Å². The second-order valence-corrected chi connectivity index (χ2v) is 7.89. The van der Waals surface area contributed by atoms with E-state index >= 15 is 0 Å². The Morgan fingerprint density at radius 1 is 1.53 bits per heavy atom. The summed E-state index contributed by atoms with van der Waals surface area (Å²) in [5.41, 5.74) is 1.69. The molecule has 0 saturated heterocycles. The third kappa shape index (κ3) is 4.49. The van der Waals surface area contributed by atoms with Crippen molar-refractivity contribution in [3.05, 3.63) is 24.0 Å². The third-order valence-electron chi connectivity index (χ3n) is 2.51. The maximum atomic E-state index is 12.1. The Bertz CT molecular complexity index is 446. The highest BCUT2D eigenvalue weighted by atomic mass is 32.2. The Balaban J connectivity index is 2.93. The summed E-state index contributed by atoms with van der Waals surface area (Å²) < 4.78 is 14.9. The van der Waals surface area contributed by atoms with Gasteiger partial charge in [-0.3, -0.25) is 0 Å². The Kier molecular flexibility index (Phi) is 5.85. The first-order valence-corrected chi connectivity index (χ1v) is 8.38. The van der Waals surface area contributed by atoms with E-state index in [0.29, 0.717) is 5.16 Å². The summed E-state index contributed by atoms with van der Waals surface area (Å²) in [6.45, 7) is 11.5. The average molecular weight is 299 g/mol. The van der Waals surface area contributed by atoms with Crippen LogP contribution in [0.2, 0.25) is 0 Å². The standard InChI is InChI=1S/C13H21N3OS2/c1-7-11-10(8-14-12(15-11)18-6)9(2)16-19(17)13(3,4)5/h7-9,16H,1H2,2-6H3/t9?,19-/m0/s1. The Labute approximate surface area is 122 Å². The number of nitrogens with zero attached hydrogens (tertiary/aromatic N) is 2. The number of aromatic nitrogens is 2. The fourth-order valence-corrected chi connectivity index (χ4v) is 2.53. The number of thioether (sulfide) groups is 1. The first kappa shape index (κ1) is 16.5. The van der Waals surface area contributed by atoms with Gasteiger partial charge in [0.15, 0.2) is 5.16 Å². The molecule has 6 heteroatoms. The fourth-order valence-electron chi connectivity index (χ4n) is 1.38. The van der Waals surface area contributed by atoms with Crippen LogP contribution in [0.1, 0.15) is 45.0 Å². The largest absolute Gasteiger partial charge is 0.598 e. The molecule has 19 heavy (non-hydrogen) atoms. The molecular formula is C13H21N3OS2. The Morgan fingerprint density at radius 2 is 2.16 bits per heavy atom. The SMILES string of the molecule is C=Cc1nc(SC)ncc1C(C)N[S@@+]([O-])C(C)(C)C. The average Bonchev–Trinajstić information content (AvgIpc) is 2.36. The van der Waals surface area contributed by atoms with E-state index in [-0.39, 0.29) is 10.8 Å². The molecule has 0 bridgehead atoms. The zero-order valence-corrected chi connectivity index (χ0v) is 13.7. The molecule has 0 fully saturated rings. The quantitative estimate of drug-likeness (QED) is 0.514. The van der Waals surface area contributed by atoms with Crippen LogP contribution in [-0.4, -0.2) is 25.5 Å². The van der Waals surface area contributed by atoms with Crippen LogP contribution in [-0.2, 0) is 11.4 Å². The van der Waals surface area contributed by atoms with Gasteiger partial charge in [-0.15, -0.1) is 4.72 Å². The van der Waals surface area contributed by atoms with E-state index < -0.39 is 11.4 Å². The summed E-state index contributed by atoms with van der Waals surface area (Å²) in [5, 5.41) is 0.711. The summed E-state index contributed by atoms with van der Waals surface area (Å²) in [5.74, 6) is 0. The smallest absolute Gasteiger partial charge is 0.187 e. The van der Waals surface area contributed by atoms with Crippen LogP contribution < -0.4 is 4.72 Å². The Hall–Kier alpha value is -0.560. The maximum Gasteiger partial charge on any atom is 0.187 e. The first-order chi connectivity index (χ1) is 8.79. The molecule has 4 nitrogen and oxygen atoms in total. The van der Waals surface area contributed by atoms with Gasteiger partial charge in [-0.05, 0) is 40.0 Å². The zero-order chi connectivity index (χ0) is 14.6. The van der Waals surface area contributed by atoms with Crippen molar-refractivity contribution in [2.24, 2.45) is 0 Å². The number of rotatable bonds is 5. The van der Waals surface area contributed by atoms with Crippen LogP contribution in [0.25, 0.3) is 6.08 Å². The Morgan fingerprint density at radius 3 is 2.63 bits per heavy atom. The summed E-state index contributed by atoms with van der Waals surface area (Å²) in [6, 6.07) is -0.0936. The molecule has 1 N–H and O–H groups in total. The van der Waals surface area contributed by atoms with Crippen LogP contribution >= 0.6 is 11.8 Å². The lowest BCUT2D eigenvalue weighted by Crippen LogP contribution is -2.40. The molecule has 1 aromatic rings. The van der Waals surface area contributed by atoms with Gasteiger partial charge < -0.3 is 4.55 Å². The van der Waals surface area contributed by atoms with Crippen LogP contribution in [0.15, 0.2) is 17.9 Å². The molecule has 0 radical (unpaired) electrons. The summed E-state index contributed by atoms with van der Waals surface area (Å²) in [4.78, 5) is 8.66. The lowest BCUT2D eigenvalue weighted by Gasteiger charge is -2.26. The van der Waals surface area contributed by atoms with Gasteiger partial charge in [0.1, 0.15) is 4.75 Å². The summed E-state index contributed by atoms with van der Waals surface area (Å²) in [7, 11) is 0. The molecule has 1 heterocycles. The zero-order valence-electron chi connectivity index (χ0n) is 12.1. The number of hydrogen-bond acceptors (Lipinski definition) is 5. The van der Waals surface area contributed by atoms with Crippen molar-refractivity contribution in [2.75, 3.05) is 6.26 Å². The fraction of sp³-hybridized carbons (Fsp3) is 0.538. The van der Waals surface area contributed by atoms with Crippen molar-refractivity contribution in [2.45, 2.75) is 43.6 Å². The highest BCUT2D eigenvalue weighted by Gasteiger charge is 2.29. The lowest BCUT2D eigenvalue weighted by molar-refractivity contribution is 0.530. The van der Waals surface area contributed by atoms with Crippen LogP contribution in [0.3, 0.4) is 0 Å². The maximum absolute atomic E-state index is 12.1. The molecule has 0 spiro atoms. The van der Waals surface area contributed by atoms with E-state index in [9.17, 15) is 4.55 Å². The van der Waals surface area contributed by atoms with Crippen LogP contribution in [0.4, 0.5) is 0 Å². The monoisotopic (exact) mass is 299 g/mol. The van der Waals surface area contributed by atoms with E-state index in [1.165, 1.54) is 11.8 Å². The molecule has 0 saturated carbocycles. The van der Waals surface area contributed by atoms with Crippen molar-refractivity contribution < 1.29 is 4.55 Å². The minimum atomic E-state index is -1.13. The van der Waals surface area contributed by atoms with Crippen molar-refractivity contribution in [1.29, 1.82) is 0 Å². The molecule has 1 aromatic heterocycles. The van der Waals surface area contributed by atoms with Gasteiger partial charge in [-0.2, -0.15) is 0 Å². The molecule has 0 aromatic carbocycles. The first-order valence-electron chi connectivity index (χ1n) is 6.01. The van der Waals surface area contributed by atoms with Gasteiger partial charge in [0.2, 0.25) is 0 Å². The lowest BCUT2D eigenvalue weighted by atomic mass is 10.1. The highest BCUT2D eigenvalue weighted by Crippen LogP contribution is 2.22. The van der Waals surface area contributed by atoms with Gasteiger partial charge in [-0.1, -0.05) is 18.3 Å². The topological polar surface area (TPSA) is 60.9 Å². The van der Waals surface area contributed by atoms with Crippen molar-refractivity contribution in [3.63, 3.8) is 0 Å². The molecule has 0 aliphatic carbocycles. The molecule has 1 rings (SSSR count). The minimum absolute atomic E-state index is 0.0936. The van der Waals surface area contributed by atoms with E-state index in [4.69, 9.17) is 0 Å². The number of hydrogen-bond donors (Lipinski definition) is 1. The second-order valence-electron chi connectivity index (χ2n) is 5.12. The van der Waals surface area contributed by atoms with Gasteiger partial charge in [0, 0.05) is 23.1 Å². The molecule has 0 amide bonds. The minimum Gasteiger partial charge on any atom is -0.598 e. The van der Waals surface area contributed by atoms with E-state index in [1.54, 1.807) is 12.3 Å². The van der Waals surface area contributed by atoms with Crippen molar-refractivity contribution in [3.8, 4) is 0 Å². The predicted molar refractivity (Wildman–Crippen MR) is 83.4 cm³/mol. The van der Waals surface area contributed by atoms with Gasteiger partial charge in [0.25, 0.3) is 0 Å². The van der Waals surface area contributed by atoms with E-state index in [0.717, 1.165) is 11.3 Å². The number of nitrogens with one attached hydrogen (secondary N) is 1. The second kappa shape index (κ2) is 6.74. The van der Waals surface area contributed by atoms with Gasteiger partial charge >= 0.3 is 0 Å². The molecule has 106 valence electrons. The molecule has 2 atom stereocenters. The van der Waals surface area contributed by atoms with E-state index in [2.05, 4.69) is 21.3 Å². The van der Waals surface area contributed by atoms with Gasteiger partial charge in [0.05, 0.1) is 11.7 Å². The normalized spacial score (nSPS) is 15.1. The van der Waals surface area contributed by atoms with E-state index in [1.807, 2.05) is 34.0 Å². The van der Waals surface area contributed by atoms with Crippen LogP contribution in [0, 0.1) is 0 Å². The predicted octanol–water partition coefficient (Wildman–Crippen LogP) is 2.95. The van der Waals surface area contributed by atoms with Crippen molar-refractivity contribution in [1.82, 2.24) is 14.7 Å². The highest BCUT2D eigenvalue weighted by molar-refractivity contribution is 7.98. The molecule has 0 aliphatic heterocycles. The summed E-state index contributed by atoms with van der Waals surface area (Å²) in [6.07, 6.45) is 5.40. The third-order valence-corrected chi connectivity index (χ3v) is 4.75. The molecule has 0 aliphatic rings. The molecule has 1 unspecified atom stereocenters. The molecular weight excluding hydrogens is 278 g/mol. The van der Waals surface area contributed by atoms with Gasteiger partial charge in [-0.25, -0.2) is 9.97 Å².